The van der Waals surface area contributed by atoms with Crippen LogP contribution in [0.3, 0.4) is 0 Å². The van der Waals surface area contributed by atoms with E-state index in [1.54, 1.807) is 6.07 Å². The summed E-state index contributed by atoms with van der Waals surface area (Å²) < 4.78 is 38.5. The monoisotopic (exact) mass is 302 g/mol. The lowest BCUT2D eigenvalue weighted by molar-refractivity contribution is -0.137. The minimum Gasteiger partial charge on any atom is -0.309 e. The van der Waals surface area contributed by atoms with E-state index in [4.69, 9.17) is 0 Å². The average Bonchev–Trinajstić information content (AvgIpc) is 2.42. The van der Waals surface area contributed by atoms with E-state index >= 15 is 0 Å². The maximum absolute atomic E-state index is 12.8. The number of nitrogens with zero attached hydrogens (tertiary/aromatic N) is 1. The van der Waals surface area contributed by atoms with Crippen molar-refractivity contribution in [3.63, 3.8) is 0 Å². The molecule has 1 unspecified atom stereocenters. The smallest absolute Gasteiger partial charge is 0.309 e. The maximum atomic E-state index is 12.8. The van der Waals surface area contributed by atoms with Crippen molar-refractivity contribution in [3.05, 3.63) is 35.4 Å². The van der Waals surface area contributed by atoms with Crippen molar-refractivity contribution in [2.45, 2.75) is 46.0 Å². The van der Waals surface area contributed by atoms with Gasteiger partial charge in [0.25, 0.3) is 0 Å². The van der Waals surface area contributed by atoms with Crippen LogP contribution < -0.4 is 5.32 Å². The zero-order chi connectivity index (χ0) is 16.0. The number of hydrogen-bond acceptors (Lipinski definition) is 2. The molecule has 0 aliphatic rings. The number of nitrogens with one attached hydrogen (secondary N) is 1. The third-order valence-corrected chi connectivity index (χ3v) is 3.62. The standard InChI is InChI=1S/C16H25F3N2/c1-5-20-15(11-21(6-2)12(3)4)13-8-7-9-14(10-13)16(17,18)19/h7-10,12,15,20H,5-6,11H2,1-4H3. The molecule has 0 aromatic heterocycles. The molecule has 1 N–H and O–H groups in total. The van der Waals surface area contributed by atoms with Crippen molar-refractivity contribution < 1.29 is 13.2 Å². The zero-order valence-electron chi connectivity index (χ0n) is 13.2. The van der Waals surface area contributed by atoms with E-state index in [1.165, 1.54) is 12.1 Å². The van der Waals surface area contributed by atoms with Crippen LogP contribution in [0.2, 0.25) is 0 Å². The van der Waals surface area contributed by atoms with Gasteiger partial charge in [-0.2, -0.15) is 13.2 Å². The first kappa shape index (κ1) is 18.0. The van der Waals surface area contributed by atoms with Crippen LogP contribution in [0, 0.1) is 0 Å². The van der Waals surface area contributed by atoms with Crippen LogP contribution in [0.5, 0.6) is 0 Å². The summed E-state index contributed by atoms with van der Waals surface area (Å²) in [4.78, 5) is 2.24. The second kappa shape index (κ2) is 7.80. The second-order valence-electron chi connectivity index (χ2n) is 5.41. The Balaban J connectivity index is 3.00. The first-order valence-electron chi connectivity index (χ1n) is 7.44. The van der Waals surface area contributed by atoms with Crippen molar-refractivity contribution in [1.82, 2.24) is 10.2 Å². The van der Waals surface area contributed by atoms with Crippen LogP contribution >= 0.6 is 0 Å². The van der Waals surface area contributed by atoms with Gasteiger partial charge in [0, 0.05) is 18.6 Å². The minimum absolute atomic E-state index is 0.0975. The average molecular weight is 302 g/mol. The predicted molar refractivity (Wildman–Crippen MR) is 80.2 cm³/mol. The molecular formula is C16H25F3N2. The van der Waals surface area contributed by atoms with Crippen molar-refractivity contribution in [2.24, 2.45) is 0 Å². The van der Waals surface area contributed by atoms with Gasteiger partial charge in [-0.05, 0) is 44.6 Å². The highest BCUT2D eigenvalue weighted by atomic mass is 19.4. The van der Waals surface area contributed by atoms with Gasteiger partial charge in [0.2, 0.25) is 0 Å². The fourth-order valence-electron chi connectivity index (χ4n) is 2.41. The molecule has 21 heavy (non-hydrogen) atoms. The van der Waals surface area contributed by atoms with Gasteiger partial charge < -0.3 is 5.32 Å². The largest absolute Gasteiger partial charge is 0.416 e. The molecule has 0 spiro atoms. The second-order valence-corrected chi connectivity index (χ2v) is 5.41. The molecule has 0 amide bonds. The Morgan fingerprint density at radius 2 is 1.86 bits per heavy atom. The maximum Gasteiger partial charge on any atom is 0.416 e. The van der Waals surface area contributed by atoms with Gasteiger partial charge in [0.15, 0.2) is 0 Å². The molecule has 0 saturated heterocycles. The van der Waals surface area contributed by atoms with E-state index in [-0.39, 0.29) is 6.04 Å². The molecule has 0 saturated carbocycles. The Bertz CT molecular complexity index is 430. The summed E-state index contributed by atoms with van der Waals surface area (Å²) >= 11 is 0. The fourth-order valence-corrected chi connectivity index (χ4v) is 2.41. The van der Waals surface area contributed by atoms with Crippen LogP contribution in [0.15, 0.2) is 24.3 Å². The molecule has 1 aromatic carbocycles. The zero-order valence-corrected chi connectivity index (χ0v) is 13.2. The summed E-state index contributed by atoms with van der Waals surface area (Å²) in [5, 5.41) is 3.29. The normalized spacial score (nSPS) is 14.0. The molecule has 0 aliphatic carbocycles. The summed E-state index contributed by atoms with van der Waals surface area (Å²) in [5.74, 6) is 0. The first-order valence-corrected chi connectivity index (χ1v) is 7.44. The van der Waals surface area contributed by atoms with Gasteiger partial charge in [0.05, 0.1) is 5.56 Å². The molecule has 0 fully saturated rings. The van der Waals surface area contributed by atoms with Crippen LogP contribution in [0.25, 0.3) is 0 Å². The van der Waals surface area contributed by atoms with Crippen molar-refractivity contribution in [2.75, 3.05) is 19.6 Å². The van der Waals surface area contributed by atoms with Crippen LogP contribution in [0.4, 0.5) is 13.2 Å². The van der Waals surface area contributed by atoms with Crippen LogP contribution in [-0.4, -0.2) is 30.6 Å². The lowest BCUT2D eigenvalue weighted by Gasteiger charge is -2.30. The summed E-state index contributed by atoms with van der Waals surface area (Å²) in [5.41, 5.74) is 0.0984. The van der Waals surface area contributed by atoms with E-state index in [1.807, 2.05) is 6.92 Å². The van der Waals surface area contributed by atoms with Crippen molar-refractivity contribution in [1.29, 1.82) is 0 Å². The Labute approximate surface area is 125 Å². The minimum atomic E-state index is -4.30. The fraction of sp³-hybridized carbons (Fsp3) is 0.625. The number of benzene rings is 1. The number of halogens is 3. The van der Waals surface area contributed by atoms with E-state index in [0.717, 1.165) is 19.2 Å². The molecule has 5 heteroatoms. The Morgan fingerprint density at radius 1 is 1.19 bits per heavy atom. The van der Waals surface area contributed by atoms with E-state index in [0.29, 0.717) is 18.2 Å². The van der Waals surface area contributed by atoms with Crippen molar-refractivity contribution in [3.8, 4) is 0 Å². The number of likely N-dealkylation sites (N-methyl/N-ethyl adjacent to an activating group) is 2. The van der Waals surface area contributed by atoms with E-state index in [2.05, 4.69) is 31.0 Å². The molecule has 0 aliphatic heterocycles. The summed E-state index contributed by atoms with van der Waals surface area (Å²) in [6.07, 6.45) is -4.30. The Hall–Kier alpha value is -1.07. The molecule has 0 radical (unpaired) electrons. The van der Waals surface area contributed by atoms with Crippen LogP contribution in [-0.2, 0) is 6.18 Å². The van der Waals surface area contributed by atoms with Gasteiger partial charge >= 0.3 is 6.18 Å². The topological polar surface area (TPSA) is 15.3 Å². The summed E-state index contributed by atoms with van der Waals surface area (Å²) in [7, 11) is 0. The summed E-state index contributed by atoms with van der Waals surface area (Å²) in [6, 6.07) is 5.88. The third-order valence-electron chi connectivity index (χ3n) is 3.62. The molecular weight excluding hydrogens is 277 g/mol. The first-order chi connectivity index (χ1) is 9.79. The quantitative estimate of drug-likeness (QED) is 0.816. The summed E-state index contributed by atoms with van der Waals surface area (Å²) in [6.45, 7) is 10.5. The third kappa shape index (κ3) is 5.32. The Morgan fingerprint density at radius 3 is 2.33 bits per heavy atom. The van der Waals surface area contributed by atoms with Gasteiger partial charge in [-0.15, -0.1) is 0 Å². The predicted octanol–water partition coefficient (Wildman–Crippen LogP) is 4.09. The molecule has 1 atom stereocenters. The number of alkyl halides is 3. The lowest BCUT2D eigenvalue weighted by atomic mass is 10.0. The molecule has 120 valence electrons. The highest BCUT2D eigenvalue weighted by Gasteiger charge is 2.31. The van der Waals surface area contributed by atoms with E-state index in [9.17, 15) is 13.2 Å². The van der Waals surface area contributed by atoms with Gasteiger partial charge in [-0.3, -0.25) is 4.90 Å². The van der Waals surface area contributed by atoms with E-state index < -0.39 is 11.7 Å². The molecule has 2 nitrogen and oxygen atoms in total. The highest BCUT2D eigenvalue weighted by molar-refractivity contribution is 5.28. The SMILES string of the molecule is CCNC(CN(CC)C(C)C)c1cccc(C(F)(F)F)c1. The Kier molecular flexibility index (Phi) is 6.68. The van der Waals surface area contributed by atoms with Gasteiger partial charge in [0.1, 0.15) is 0 Å². The van der Waals surface area contributed by atoms with Gasteiger partial charge in [-0.1, -0.05) is 26.0 Å². The number of rotatable bonds is 7. The molecule has 1 rings (SSSR count). The number of hydrogen-bond donors (Lipinski definition) is 1. The molecule has 0 heterocycles. The molecule has 0 bridgehead atoms. The molecule has 1 aromatic rings. The van der Waals surface area contributed by atoms with Crippen LogP contribution in [0.1, 0.15) is 44.9 Å². The highest BCUT2D eigenvalue weighted by Crippen LogP contribution is 2.31. The van der Waals surface area contributed by atoms with Crippen molar-refractivity contribution >= 4 is 0 Å². The van der Waals surface area contributed by atoms with Gasteiger partial charge in [-0.25, -0.2) is 0 Å². The lowest BCUT2D eigenvalue weighted by Crippen LogP contribution is -2.39.